The molecule has 2 aromatic heterocycles. The maximum Gasteiger partial charge on any atom is 0.184 e. The quantitative estimate of drug-likeness (QED) is 0.697. The van der Waals surface area contributed by atoms with Gasteiger partial charge in [0.15, 0.2) is 17.0 Å². The fourth-order valence-electron chi connectivity index (χ4n) is 2.22. The van der Waals surface area contributed by atoms with Crippen molar-refractivity contribution in [3.63, 3.8) is 0 Å². The van der Waals surface area contributed by atoms with Crippen molar-refractivity contribution in [2.24, 2.45) is 0 Å². The van der Waals surface area contributed by atoms with Crippen molar-refractivity contribution in [1.82, 2.24) is 25.0 Å². The van der Waals surface area contributed by atoms with Gasteiger partial charge in [0.2, 0.25) is 0 Å². The summed E-state index contributed by atoms with van der Waals surface area (Å²) in [6.45, 7) is 3.75. The van der Waals surface area contributed by atoms with Gasteiger partial charge in [0.1, 0.15) is 5.82 Å². The highest BCUT2D eigenvalue weighted by molar-refractivity contribution is 5.82. The van der Waals surface area contributed by atoms with E-state index in [2.05, 4.69) is 37.7 Å². The molecule has 1 N–H and O–H groups in total. The van der Waals surface area contributed by atoms with Crippen LogP contribution in [-0.2, 0) is 11.3 Å². The second kappa shape index (κ2) is 6.48. The van der Waals surface area contributed by atoms with Crippen LogP contribution in [0.3, 0.4) is 0 Å². The Bertz CT molecular complexity index is 755. The molecule has 0 fully saturated rings. The van der Waals surface area contributed by atoms with Gasteiger partial charge in [0, 0.05) is 13.7 Å². The Hall–Kier alpha value is -2.54. The fraction of sp³-hybridized carbons (Fsp3) is 0.333. The van der Waals surface area contributed by atoms with E-state index >= 15 is 0 Å². The highest BCUT2D eigenvalue weighted by Crippen LogP contribution is 2.18. The average Bonchev–Trinajstić information content (AvgIpc) is 2.91. The Kier molecular flexibility index (Phi) is 4.24. The van der Waals surface area contributed by atoms with Gasteiger partial charge in [-0.15, -0.1) is 5.10 Å². The second-order valence-corrected chi connectivity index (χ2v) is 4.94. The molecule has 1 aromatic carbocycles. The molecule has 0 atom stereocenters. The lowest BCUT2D eigenvalue weighted by molar-refractivity contribution is 0.210. The lowest BCUT2D eigenvalue weighted by Gasteiger charge is -2.06. The first kappa shape index (κ1) is 14.4. The van der Waals surface area contributed by atoms with Gasteiger partial charge in [0.05, 0.1) is 13.2 Å². The van der Waals surface area contributed by atoms with Crippen LogP contribution in [0.2, 0.25) is 0 Å². The number of methoxy groups -OCH3 is 1. The lowest BCUT2D eigenvalue weighted by atomic mass is 10.2. The minimum Gasteiger partial charge on any atom is -0.383 e. The zero-order valence-electron chi connectivity index (χ0n) is 12.7. The van der Waals surface area contributed by atoms with E-state index in [0.717, 1.165) is 11.2 Å². The third-order valence-electron chi connectivity index (χ3n) is 3.25. The van der Waals surface area contributed by atoms with Crippen molar-refractivity contribution in [2.45, 2.75) is 13.5 Å². The van der Waals surface area contributed by atoms with Crippen LogP contribution < -0.4 is 5.32 Å². The predicted molar refractivity (Wildman–Crippen MR) is 83.8 cm³/mol. The van der Waals surface area contributed by atoms with Gasteiger partial charge in [-0.1, -0.05) is 35.5 Å². The third-order valence-corrected chi connectivity index (χ3v) is 3.25. The first-order valence-corrected chi connectivity index (χ1v) is 7.12. The van der Waals surface area contributed by atoms with Crippen LogP contribution in [0.1, 0.15) is 11.4 Å². The lowest BCUT2D eigenvalue weighted by Crippen LogP contribution is -2.10. The molecule has 0 bridgehead atoms. The summed E-state index contributed by atoms with van der Waals surface area (Å²) >= 11 is 0. The Morgan fingerprint density at radius 3 is 2.77 bits per heavy atom. The van der Waals surface area contributed by atoms with Gasteiger partial charge in [-0.25, -0.2) is 14.6 Å². The van der Waals surface area contributed by atoms with Crippen molar-refractivity contribution in [2.75, 3.05) is 25.6 Å². The van der Waals surface area contributed by atoms with Gasteiger partial charge in [0.25, 0.3) is 0 Å². The van der Waals surface area contributed by atoms with Crippen molar-refractivity contribution in [1.29, 1.82) is 0 Å². The van der Waals surface area contributed by atoms with Gasteiger partial charge in [-0.05, 0) is 12.5 Å². The van der Waals surface area contributed by atoms with Crippen molar-refractivity contribution in [3.8, 4) is 0 Å². The van der Waals surface area contributed by atoms with Crippen LogP contribution in [0.4, 0.5) is 5.82 Å². The van der Waals surface area contributed by atoms with Gasteiger partial charge >= 0.3 is 0 Å². The van der Waals surface area contributed by atoms with Gasteiger partial charge in [-0.2, -0.15) is 0 Å². The monoisotopic (exact) mass is 298 g/mol. The summed E-state index contributed by atoms with van der Waals surface area (Å²) in [6, 6.07) is 10.1. The topological polar surface area (TPSA) is 77.8 Å². The molecule has 114 valence electrons. The smallest absolute Gasteiger partial charge is 0.184 e. The zero-order valence-corrected chi connectivity index (χ0v) is 12.7. The standard InChI is InChI=1S/C15H18N6O/c1-11-17-14(16-8-9-22-2)13-15(18-11)21(20-19-13)10-12-6-4-3-5-7-12/h3-7H,8-10H2,1-2H3,(H,16,17,18). The number of hydrogen-bond donors (Lipinski definition) is 1. The molecule has 3 rings (SSSR count). The second-order valence-electron chi connectivity index (χ2n) is 4.94. The van der Waals surface area contributed by atoms with E-state index in [4.69, 9.17) is 4.74 Å². The number of aryl methyl sites for hydroxylation is 1. The number of rotatable bonds is 6. The van der Waals surface area contributed by atoms with Crippen LogP contribution in [0, 0.1) is 6.92 Å². The third kappa shape index (κ3) is 3.04. The number of benzene rings is 1. The van der Waals surface area contributed by atoms with E-state index in [1.807, 2.05) is 25.1 Å². The number of nitrogens with zero attached hydrogens (tertiary/aromatic N) is 5. The summed E-state index contributed by atoms with van der Waals surface area (Å²) in [7, 11) is 1.67. The van der Waals surface area contributed by atoms with Gasteiger partial charge in [-0.3, -0.25) is 0 Å². The fourth-order valence-corrected chi connectivity index (χ4v) is 2.22. The van der Waals surface area contributed by atoms with E-state index in [0.29, 0.717) is 36.9 Å². The Balaban J connectivity index is 1.93. The van der Waals surface area contributed by atoms with Crippen LogP contribution in [0.25, 0.3) is 11.2 Å². The maximum absolute atomic E-state index is 5.04. The summed E-state index contributed by atoms with van der Waals surface area (Å²) in [5, 5.41) is 11.6. The van der Waals surface area contributed by atoms with Crippen LogP contribution in [0.15, 0.2) is 30.3 Å². The minimum atomic E-state index is 0.600. The van der Waals surface area contributed by atoms with Crippen molar-refractivity contribution < 1.29 is 4.74 Å². The molecule has 0 aliphatic heterocycles. The summed E-state index contributed by atoms with van der Waals surface area (Å²) < 4.78 is 6.84. The molecule has 0 spiro atoms. The molecule has 0 radical (unpaired) electrons. The molecule has 0 saturated carbocycles. The molecule has 3 aromatic rings. The average molecular weight is 298 g/mol. The van der Waals surface area contributed by atoms with E-state index in [9.17, 15) is 0 Å². The van der Waals surface area contributed by atoms with Crippen LogP contribution in [-0.4, -0.2) is 45.2 Å². The number of nitrogens with one attached hydrogen (secondary N) is 1. The molecule has 2 heterocycles. The highest BCUT2D eigenvalue weighted by atomic mass is 16.5. The summed E-state index contributed by atoms with van der Waals surface area (Å²) in [4.78, 5) is 8.88. The number of ether oxygens (including phenoxy) is 1. The SMILES string of the molecule is COCCNc1nc(C)nc2c1nnn2Cc1ccccc1. The van der Waals surface area contributed by atoms with E-state index in [1.165, 1.54) is 0 Å². The molecular weight excluding hydrogens is 280 g/mol. The van der Waals surface area contributed by atoms with Crippen LogP contribution >= 0.6 is 0 Å². The number of aromatic nitrogens is 5. The molecule has 7 nitrogen and oxygen atoms in total. The summed E-state index contributed by atoms with van der Waals surface area (Å²) in [5.41, 5.74) is 2.56. The van der Waals surface area contributed by atoms with Crippen molar-refractivity contribution >= 4 is 17.0 Å². The molecule has 0 unspecified atom stereocenters. The Morgan fingerprint density at radius 1 is 1.18 bits per heavy atom. The number of fused-ring (bicyclic) bond motifs is 1. The summed E-state index contributed by atoms with van der Waals surface area (Å²) in [6.07, 6.45) is 0. The molecule has 0 aliphatic rings. The van der Waals surface area contributed by atoms with Crippen molar-refractivity contribution in [3.05, 3.63) is 41.7 Å². The highest BCUT2D eigenvalue weighted by Gasteiger charge is 2.13. The van der Waals surface area contributed by atoms with E-state index in [1.54, 1.807) is 11.8 Å². The number of anilines is 1. The largest absolute Gasteiger partial charge is 0.383 e. The molecule has 7 heteroatoms. The van der Waals surface area contributed by atoms with Gasteiger partial charge < -0.3 is 10.1 Å². The maximum atomic E-state index is 5.04. The first-order valence-electron chi connectivity index (χ1n) is 7.12. The van der Waals surface area contributed by atoms with E-state index in [-0.39, 0.29) is 0 Å². The van der Waals surface area contributed by atoms with Crippen LogP contribution in [0.5, 0.6) is 0 Å². The molecule has 0 amide bonds. The molecule has 0 aliphatic carbocycles. The first-order chi connectivity index (χ1) is 10.8. The predicted octanol–water partition coefficient (Wildman–Crippen LogP) is 1.64. The molecule has 22 heavy (non-hydrogen) atoms. The Morgan fingerprint density at radius 2 is 2.00 bits per heavy atom. The normalized spacial score (nSPS) is 11.0. The molecule has 0 saturated heterocycles. The zero-order chi connectivity index (χ0) is 15.4. The summed E-state index contributed by atoms with van der Waals surface area (Å²) in [5.74, 6) is 1.38. The minimum absolute atomic E-state index is 0.600. The van der Waals surface area contributed by atoms with E-state index < -0.39 is 0 Å². The Labute approximate surface area is 128 Å². The molecular formula is C15H18N6O. The number of hydrogen-bond acceptors (Lipinski definition) is 6.